The second kappa shape index (κ2) is 9.29. The van der Waals surface area contributed by atoms with Gasteiger partial charge in [-0.05, 0) is 41.8 Å². The maximum atomic E-state index is 11.8. The molecule has 1 aliphatic heterocycles. The summed E-state index contributed by atoms with van der Waals surface area (Å²) >= 11 is 5.86. The molecule has 1 amide bonds. The summed E-state index contributed by atoms with van der Waals surface area (Å²) in [6.45, 7) is 1.43. The molecular weight excluding hydrogens is 428 g/mol. The molecule has 8 nitrogen and oxygen atoms in total. The molecular formula is C20H21ClN4O4S. The molecule has 158 valence electrons. The number of aromatic nitrogens is 2. The van der Waals surface area contributed by atoms with Crippen molar-refractivity contribution in [3.05, 3.63) is 76.7 Å². The van der Waals surface area contributed by atoms with Gasteiger partial charge in [0.1, 0.15) is 0 Å². The van der Waals surface area contributed by atoms with Crippen molar-refractivity contribution in [1.82, 2.24) is 14.9 Å². The smallest absolute Gasteiger partial charge is 0.313 e. The minimum atomic E-state index is -4.11. The fourth-order valence-electron chi connectivity index (χ4n) is 2.85. The lowest BCUT2D eigenvalue weighted by atomic mass is 10.00. The van der Waals surface area contributed by atoms with Crippen LogP contribution in [0.5, 0.6) is 0 Å². The molecule has 0 radical (unpaired) electrons. The van der Waals surface area contributed by atoms with Gasteiger partial charge < -0.3 is 15.2 Å². The molecule has 0 bridgehead atoms. The standard InChI is InChI=1S/C16H15ClN2O.C4H6N2O3S/c17-13-4-1-11(2-5-13)10-19-14-6-3-12-7-8-18-16(20)15(12)9-14;1-6-2-4(5-3-6)10(7,8)9/h1-6,9,19H,7-8,10H2,(H,18,20);2-3H,1H3,(H,7,8,9). The van der Waals surface area contributed by atoms with E-state index in [9.17, 15) is 13.2 Å². The molecule has 0 saturated heterocycles. The molecule has 0 unspecified atom stereocenters. The van der Waals surface area contributed by atoms with Gasteiger partial charge in [0, 0.05) is 42.6 Å². The highest BCUT2D eigenvalue weighted by Gasteiger charge is 2.16. The number of nitrogens with one attached hydrogen (secondary N) is 2. The van der Waals surface area contributed by atoms with E-state index in [4.69, 9.17) is 16.2 Å². The summed E-state index contributed by atoms with van der Waals surface area (Å²) in [6.07, 6.45) is 3.41. The second-order valence-corrected chi connectivity index (χ2v) is 8.52. The summed E-state index contributed by atoms with van der Waals surface area (Å²) in [6, 6.07) is 13.7. The molecule has 0 fully saturated rings. The Morgan fingerprint density at radius 3 is 2.57 bits per heavy atom. The summed E-state index contributed by atoms with van der Waals surface area (Å²) in [4.78, 5) is 15.2. The third-order valence-electron chi connectivity index (χ3n) is 4.39. The van der Waals surface area contributed by atoms with Gasteiger partial charge in [-0.2, -0.15) is 8.42 Å². The lowest BCUT2D eigenvalue weighted by molar-refractivity contribution is 0.0946. The number of hydrogen-bond acceptors (Lipinski definition) is 5. The van der Waals surface area contributed by atoms with Crippen LogP contribution >= 0.6 is 11.6 Å². The van der Waals surface area contributed by atoms with Crippen LogP contribution in [0.15, 0.2) is 60.0 Å². The number of carbonyl (C=O) groups excluding carboxylic acids is 1. The Morgan fingerprint density at radius 1 is 1.23 bits per heavy atom. The van der Waals surface area contributed by atoms with Gasteiger partial charge in [0.2, 0.25) is 0 Å². The maximum absolute atomic E-state index is 11.8. The fourth-order valence-corrected chi connectivity index (χ4v) is 3.46. The summed E-state index contributed by atoms with van der Waals surface area (Å²) in [5.74, 6) is 0.0152. The van der Waals surface area contributed by atoms with Crippen molar-refractivity contribution < 1.29 is 17.8 Å². The molecule has 0 atom stereocenters. The third-order valence-corrected chi connectivity index (χ3v) is 5.38. The molecule has 2 aromatic carbocycles. The Bertz CT molecular complexity index is 1140. The predicted molar refractivity (Wildman–Crippen MR) is 114 cm³/mol. The number of hydrogen-bond donors (Lipinski definition) is 3. The van der Waals surface area contributed by atoms with Crippen LogP contribution in [0, 0.1) is 0 Å². The van der Waals surface area contributed by atoms with Crippen LogP contribution in [0.1, 0.15) is 21.5 Å². The quantitative estimate of drug-likeness (QED) is 0.529. The van der Waals surface area contributed by atoms with E-state index >= 15 is 0 Å². The van der Waals surface area contributed by atoms with Gasteiger partial charge >= 0.3 is 10.1 Å². The van der Waals surface area contributed by atoms with Crippen LogP contribution in [0.4, 0.5) is 5.69 Å². The molecule has 1 aromatic heterocycles. The van der Waals surface area contributed by atoms with Crippen molar-refractivity contribution in [3.8, 4) is 0 Å². The molecule has 0 aliphatic carbocycles. The summed E-state index contributed by atoms with van der Waals surface area (Å²) in [5.41, 5.74) is 4.00. The average Bonchev–Trinajstić information content (AvgIpc) is 3.16. The SMILES string of the molecule is Cn1cnc(S(=O)(=O)O)c1.O=C1NCCc2ccc(NCc3ccc(Cl)cc3)cc21. The van der Waals surface area contributed by atoms with Crippen molar-refractivity contribution in [2.24, 2.45) is 7.05 Å². The zero-order valence-corrected chi connectivity index (χ0v) is 17.7. The fraction of sp³-hybridized carbons (Fsp3) is 0.200. The number of benzene rings is 2. The van der Waals surface area contributed by atoms with Crippen molar-refractivity contribution >= 4 is 33.3 Å². The minimum absolute atomic E-state index is 0.0152. The molecule has 3 N–H and O–H groups in total. The van der Waals surface area contributed by atoms with Gasteiger partial charge in [0.05, 0.1) is 6.33 Å². The van der Waals surface area contributed by atoms with Crippen molar-refractivity contribution in [2.75, 3.05) is 11.9 Å². The molecule has 10 heteroatoms. The van der Waals surface area contributed by atoms with Crippen LogP contribution in [-0.4, -0.2) is 35.0 Å². The molecule has 2 heterocycles. The zero-order valence-electron chi connectivity index (χ0n) is 16.2. The van der Waals surface area contributed by atoms with E-state index in [2.05, 4.69) is 15.6 Å². The van der Waals surface area contributed by atoms with Crippen molar-refractivity contribution in [1.29, 1.82) is 0 Å². The Balaban J connectivity index is 0.000000216. The largest absolute Gasteiger partial charge is 0.381 e. The molecule has 0 saturated carbocycles. The highest BCUT2D eigenvalue weighted by Crippen LogP contribution is 2.20. The predicted octanol–water partition coefficient (Wildman–Crippen LogP) is 2.90. The highest BCUT2D eigenvalue weighted by molar-refractivity contribution is 7.85. The number of rotatable bonds is 4. The Morgan fingerprint density at radius 2 is 1.97 bits per heavy atom. The van der Waals surface area contributed by atoms with Crippen LogP contribution in [0.2, 0.25) is 5.02 Å². The first-order valence-corrected chi connectivity index (χ1v) is 10.9. The topological polar surface area (TPSA) is 113 Å². The molecule has 1 aliphatic rings. The number of aryl methyl sites for hydroxylation is 1. The van der Waals surface area contributed by atoms with E-state index < -0.39 is 10.1 Å². The third kappa shape index (κ3) is 5.82. The number of fused-ring (bicyclic) bond motifs is 1. The van der Waals surface area contributed by atoms with E-state index in [-0.39, 0.29) is 10.9 Å². The van der Waals surface area contributed by atoms with E-state index in [1.54, 1.807) is 7.05 Å². The van der Waals surface area contributed by atoms with Crippen LogP contribution in [0.25, 0.3) is 0 Å². The second-order valence-electron chi connectivity index (χ2n) is 6.71. The summed E-state index contributed by atoms with van der Waals surface area (Å²) in [5, 5.41) is 6.60. The summed E-state index contributed by atoms with van der Waals surface area (Å²) in [7, 11) is -2.50. The van der Waals surface area contributed by atoms with Crippen molar-refractivity contribution in [2.45, 2.75) is 18.0 Å². The van der Waals surface area contributed by atoms with Gasteiger partial charge in [-0.15, -0.1) is 0 Å². The lowest BCUT2D eigenvalue weighted by Gasteiger charge is -2.17. The van der Waals surface area contributed by atoms with Gasteiger partial charge in [-0.1, -0.05) is 29.8 Å². The Hall–Kier alpha value is -2.88. The van der Waals surface area contributed by atoms with Gasteiger partial charge in [-0.3, -0.25) is 9.35 Å². The first-order chi connectivity index (χ1) is 14.2. The van der Waals surface area contributed by atoms with Gasteiger partial charge in [0.25, 0.3) is 5.91 Å². The zero-order chi connectivity index (χ0) is 21.7. The Kier molecular flexibility index (Phi) is 6.76. The highest BCUT2D eigenvalue weighted by atomic mass is 35.5. The number of imidazole rings is 1. The van der Waals surface area contributed by atoms with Crippen LogP contribution in [0.3, 0.4) is 0 Å². The van der Waals surface area contributed by atoms with Gasteiger partial charge in [0.15, 0.2) is 5.03 Å². The summed E-state index contributed by atoms with van der Waals surface area (Å²) < 4.78 is 30.5. The van der Waals surface area contributed by atoms with Crippen LogP contribution in [-0.2, 0) is 30.1 Å². The first-order valence-electron chi connectivity index (χ1n) is 9.07. The van der Waals surface area contributed by atoms with E-state index in [0.29, 0.717) is 6.54 Å². The van der Waals surface area contributed by atoms with E-state index in [1.807, 2.05) is 42.5 Å². The maximum Gasteiger partial charge on any atom is 0.313 e. The van der Waals surface area contributed by atoms with Gasteiger partial charge in [-0.25, -0.2) is 4.98 Å². The number of halogens is 1. The van der Waals surface area contributed by atoms with Crippen LogP contribution < -0.4 is 10.6 Å². The molecule has 30 heavy (non-hydrogen) atoms. The average molecular weight is 449 g/mol. The number of amides is 1. The monoisotopic (exact) mass is 448 g/mol. The minimum Gasteiger partial charge on any atom is -0.381 e. The normalized spacial score (nSPS) is 13.0. The number of carbonyl (C=O) groups is 1. The van der Waals surface area contributed by atoms with Crippen molar-refractivity contribution in [3.63, 3.8) is 0 Å². The van der Waals surface area contributed by atoms with E-state index in [1.165, 1.54) is 17.1 Å². The molecule has 0 spiro atoms. The van der Waals surface area contributed by atoms with E-state index in [0.717, 1.165) is 40.4 Å². The number of anilines is 1. The first kappa shape index (κ1) is 21.8. The Labute approximate surface area is 179 Å². The molecule has 3 aromatic rings. The molecule has 4 rings (SSSR count). The lowest BCUT2D eigenvalue weighted by Crippen LogP contribution is -2.31. The number of nitrogens with zero attached hydrogens (tertiary/aromatic N) is 2.